The molecule has 1 aromatic carbocycles. The van der Waals surface area contributed by atoms with Gasteiger partial charge in [0.15, 0.2) is 0 Å². The molecule has 0 aliphatic heterocycles. The van der Waals surface area contributed by atoms with Gasteiger partial charge in [0.25, 0.3) is 0 Å². The summed E-state index contributed by atoms with van der Waals surface area (Å²) in [6, 6.07) is 7.74. The van der Waals surface area contributed by atoms with E-state index < -0.39 is 0 Å². The predicted molar refractivity (Wildman–Crippen MR) is 68.7 cm³/mol. The van der Waals surface area contributed by atoms with Gasteiger partial charge < -0.3 is 15.6 Å². The van der Waals surface area contributed by atoms with Crippen LogP contribution in [-0.2, 0) is 6.42 Å². The summed E-state index contributed by atoms with van der Waals surface area (Å²) >= 11 is 4.83. The number of unbranched alkanes of at least 4 members (excludes halogenated alkanes) is 1. The van der Waals surface area contributed by atoms with Crippen molar-refractivity contribution in [2.45, 2.75) is 19.3 Å². The molecule has 0 aliphatic carbocycles. The van der Waals surface area contributed by atoms with Crippen molar-refractivity contribution in [3.05, 3.63) is 29.8 Å². The first kappa shape index (κ1) is 12.9. The molecule has 0 saturated heterocycles. The Morgan fingerprint density at radius 1 is 1.25 bits per heavy atom. The van der Waals surface area contributed by atoms with Crippen molar-refractivity contribution in [3.63, 3.8) is 0 Å². The molecular formula is C12H17NO2S. The first-order valence-electron chi connectivity index (χ1n) is 5.33. The van der Waals surface area contributed by atoms with Crippen molar-refractivity contribution < 1.29 is 9.84 Å². The summed E-state index contributed by atoms with van der Waals surface area (Å²) in [5, 5.41) is 8.60. The van der Waals surface area contributed by atoms with E-state index in [1.165, 1.54) is 0 Å². The van der Waals surface area contributed by atoms with Crippen molar-refractivity contribution in [1.29, 1.82) is 0 Å². The van der Waals surface area contributed by atoms with E-state index in [1.54, 1.807) is 0 Å². The number of aliphatic hydroxyl groups is 1. The number of benzene rings is 1. The first-order chi connectivity index (χ1) is 7.72. The normalized spacial score (nSPS) is 10.1. The van der Waals surface area contributed by atoms with Crippen LogP contribution in [0.2, 0.25) is 0 Å². The maximum Gasteiger partial charge on any atom is 0.119 e. The second-order valence-electron chi connectivity index (χ2n) is 3.57. The van der Waals surface area contributed by atoms with Crippen LogP contribution in [0, 0.1) is 0 Å². The fourth-order valence-electron chi connectivity index (χ4n) is 1.31. The summed E-state index contributed by atoms with van der Waals surface area (Å²) in [5.41, 5.74) is 6.55. The summed E-state index contributed by atoms with van der Waals surface area (Å²) in [6.07, 6.45) is 2.27. The Hall–Kier alpha value is -1.13. The zero-order valence-electron chi connectivity index (χ0n) is 9.19. The highest BCUT2D eigenvalue weighted by molar-refractivity contribution is 7.80. The number of aliphatic hydroxyl groups excluding tert-OH is 1. The number of ether oxygens (including phenoxy) is 1. The molecule has 0 saturated carbocycles. The van der Waals surface area contributed by atoms with Gasteiger partial charge in [0.05, 0.1) is 11.6 Å². The van der Waals surface area contributed by atoms with Crippen LogP contribution >= 0.6 is 12.2 Å². The molecule has 4 heteroatoms. The smallest absolute Gasteiger partial charge is 0.119 e. The maximum absolute atomic E-state index is 8.60. The van der Waals surface area contributed by atoms with Crippen LogP contribution in [0.4, 0.5) is 0 Å². The first-order valence-corrected chi connectivity index (χ1v) is 5.74. The predicted octanol–water partition coefficient (Wildman–Crippen LogP) is 1.67. The molecule has 88 valence electrons. The molecule has 0 atom stereocenters. The van der Waals surface area contributed by atoms with E-state index in [-0.39, 0.29) is 6.61 Å². The Kier molecular flexibility index (Phi) is 5.82. The largest absolute Gasteiger partial charge is 0.494 e. The van der Waals surface area contributed by atoms with E-state index >= 15 is 0 Å². The van der Waals surface area contributed by atoms with Gasteiger partial charge in [-0.05, 0) is 30.5 Å². The molecule has 3 N–H and O–H groups in total. The summed E-state index contributed by atoms with van der Waals surface area (Å²) in [4.78, 5) is 0.497. The van der Waals surface area contributed by atoms with Crippen molar-refractivity contribution in [1.82, 2.24) is 0 Å². The van der Waals surface area contributed by atoms with Gasteiger partial charge in [-0.3, -0.25) is 0 Å². The lowest BCUT2D eigenvalue weighted by molar-refractivity contribution is 0.253. The van der Waals surface area contributed by atoms with Crippen LogP contribution in [0.25, 0.3) is 0 Å². The van der Waals surface area contributed by atoms with Gasteiger partial charge in [0, 0.05) is 13.0 Å². The maximum atomic E-state index is 8.60. The third-order valence-electron chi connectivity index (χ3n) is 2.12. The lowest BCUT2D eigenvalue weighted by Crippen LogP contribution is -2.10. The van der Waals surface area contributed by atoms with Crippen LogP contribution in [0.5, 0.6) is 5.75 Å². The number of hydrogen-bond donors (Lipinski definition) is 2. The van der Waals surface area contributed by atoms with E-state index in [2.05, 4.69) is 0 Å². The fraction of sp³-hybridized carbons (Fsp3) is 0.417. The molecule has 0 aromatic heterocycles. The molecule has 0 spiro atoms. The SMILES string of the molecule is NC(=S)Cc1ccc(OCCCCO)cc1. The van der Waals surface area contributed by atoms with E-state index in [1.807, 2.05) is 24.3 Å². The van der Waals surface area contributed by atoms with Crippen LogP contribution < -0.4 is 10.5 Å². The average molecular weight is 239 g/mol. The molecule has 0 radical (unpaired) electrons. The quantitative estimate of drug-likeness (QED) is 0.561. The molecule has 0 bridgehead atoms. The van der Waals surface area contributed by atoms with E-state index in [0.717, 1.165) is 24.2 Å². The molecule has 1 rings (SSSR count). The summed E-state index contributed by atoms with van der Waals surface area (Å²) in [7, 11) is 0. The van der Waals surface area contributed by atoms with Crippen molar-refractivity contribution in [3.8, 4) is 5.75 Å². The highest BCUT2D eigenvalue weighted by Gasteiger charge is 1.97. The van der Waals surface area contributed by atoms with Gasteiger partial charge >= 0.3 is 0 Å². The van der Waals surface area contributed by atoms with Crippen LogP contribution in [0.1, 0.15) is 18.4 Å². The summed E-state index contributed by atoms with van der Waals surface area (Å²) in [5.74, 6) is 0.838. The minimum Gasteiger partial charge on any atom is -0.494 e. The second-order valence-corrected chi connectivity index (χ2v) is 4.09. The molecule has 0 heterocycles. The van der Waals surface area contributed by atoms with Gasteiger partial charge in [-0.15, -0.1) is 0 Å². The van der Waals surface area contributed by atoms with E-state index in [9.17, 15) is 0 Å². The van der Waals surface area contributed by atoms with Gasteiger partial charge in [0.2, 0.25) is 0 Å². The molecule has 0 fully saturated rings. The monoisotopic (exact) mass is 239 g/mol. The van der Waals surface area contributed by atoms with Gasteiger partial charge in [-0.2, -0.15) is 0 Å². The van der Waals surface area contributed by atoms with Crippen LogP contribution in [0.3, 0.4) is 0 Å². The molecule has 0 amide bonds. The second kappa shape index (κ2) is 7.19. The summed E-state index contributed by atoms with van der Waals surface area (Å²) in [6.45, 7) is 0.853. The molecule has 0 unspecified atom stereocenters. The zero-order chi connectivity index (χ0) is 11.8. The molecule has 3 nitrogen and oxygen atoms in total. The van der Waals surface area contributed by atoms with E-state index in [0.29, 0.717) is 18.0 Å². The fourth-order valence-corrected chi connectivity index (χ4v) is 1.48. The third kappa shape index (κ3) is 5.09. The van der Waals surface area contributed by atoms with Gasteiger partial charge in [-0.1, -0.05) is 24.4 Å². The standard InChI is InChI=1S/C12H17NO2S/c13-12(16)9-10-3-5-11(6-4-10)15-8-2-1-7-14/h3-6,14H,1-2,7-9H2,(H2,13,16). The number of rotatable bonds is 7. The Morgan fingerprint density at radius 3 is 2.50 bits per heavy atom. The lowest BCUT2D eigenvalue weighted by atomic mass is 10.1. The topological polar surface area (TPSA) is 55.5 Å². The Morgan fingerprint density at radius 2 is 1.94 bits per heavy atom. The Balaban J connectivity index is 2.36. The van der Waals surface area contributed by atoms with E-state index in [4.69, 9.17) is 27.8 Å². The molecular weight excluding hydrogens is 222 g/mol. The van der Waals surface area contributed by atoms with Crippen LogP contribution in [0.15, 0.2) is 24.3 Å². The minimum absolute atomic E-state index is 0.218. The Bertz CT molecular complexity index is 324. The number of thiocarbonyl (C=S) groups is 1. The van der Waals surface area contributed by atoms with Crippen molar-refractivity contribution >= 4 is 17.2 Å². The zero-order valence-corrected chi connectivity index (χ0v) is 10.0. The van der Waals surface area contributed by atoms with Crippen LogP contribution in [-0.4, -0.2) is 23.3 Å². The average Bonchev–Trinajstić information content (AvgIpc) is 2.26. The number of hydrogen-bond acceptors (Lipinski definition) is 3. The lowest BCUT2D eigenvalue weighted by Gasteiger charge is -2.06. The van der Waals surface area contributed by atoms with Crippen molar-refractivity contribution in [2.75, 3.05) is 13.2 Å². The molecule has 0 aliphatic rings. The molecule has 1 aromatic rings. The Labute approximate surface area is 101 Å². The minimum atomic E-state index is 0.218. The third-order valence-corrected chi connectivity index (χ3v) is 2.27. The highest BCUT2D eigenvalue weighted by Crippen LogP contribution is 2.13. The highest BCUT2D eigenvalue weighted by atomic mass is 32.1. The van der Waals surface area contributed by atoms with Gasteiger partial charge in [-0.25, -0.2) is 0 Å². The molecule has 16 heavy (non-hydrogen) atoms. The van der Waals surface area contributed by atoms with Gasteiger partial charge in [0.1, 0.15) is 5.75 Å². The summed E-state index contributed by atoms with van der Waals surface area (Å²) < 4.78 is 5.49. The number of nitrogens with two attached hydrogens (primary N) is 1. The van der Waals surface area contributed by atoms with Crippen molar-refractivity contribution in [2.24, 2.45) is 5.73 Å².